The summed E-state index contributed by atoms with van der Waals surface area (Å²) in [6.07, 6.45) is 0. The molecule has 7 nitrogen and oxygen atoms in total. The lowest BCUT2D eigenvalue weighted by Gasteiger charge is -2.16. The summed E-state index contributed by atoms with van der Waals surface area (Å²) in [6, 6.07) is 13.5. The van der Waals surface area contributed by atoms with Gasteiger partial charge in [-0.05, 0) is 42.0 Å². The van der Waals surface area contributed by atoms with Crippen LogP contribution in [0, 0.1) is 10.1 Å². The van der Waals surface area contributed by atoms with Crippen LogP contribution in [-0.2, 0) is 0 Å². The lowest BCUT2D eigenvalue weighted by molar-refractivity contribution is -0.384. The lowest BCUT2D eigenvalue weighted by Crippen LogP contribution is -2.28. The first-order valence-corrected chi connectivity index (χ1v) is 7.69. The molecular weight excluding hydrogens is 322 g/mol. The maximum absolute atomic E-state index is 10.6. The molecule has 2 rings (SSSR count). The van der Waals surface area contributed by atoms with Crippen molar-refractivity contribution in [3.8, 4) is 11.5 Å². The van der Waals surface area contributed by atoms with E-state index in [0.717, 1.165) is 17.0 Å². The average Bonchev–Trinajstić information content (AvgIpc) is 2.59. The van der Waals surface area contributed by atoms with E-state index >= 15 is 0 Å². The van der Waals surface area contributed by atoms with Crippen molar-refractivity contribution in [1.82, 2.24) is 10.4 Å². The highest BCUT2D eigenvalue weighted by molar-refractivity contribution is 5.61. The molecule has 0 bridgehead atoms. The largest absolute Gasteiger partial charge is 0.490 e. The van der Waals surface area contributed by atoms with Crippen LogP contribution in [0.25, 0.3) is 5.70 Å². The van der Waals surface area contributed by atoms with Gasteiger partial charge >= 0.3 is 0 Å². The number of hydrogen-bond donors (Lipinski definition) is 1. The zero-order chi connectivity index (χ0) is 18.2. The fraction of sp³-hybridized carbons (Fsp3) is 0.222. The van der Waals surface area contributed by atoms with E-state index in [9.17, 15) is 10.1 Å². The number of nitro groups is 1. The lowest BCUT2D eigenvalue weighted by atomic mass is 10.2. The molecule has 1 N–H and O–H groups in total. The minimum absolute atomic E-state index is 0.0361. The summed E-state index contributed by atoms with van der Waals surface area (Å²) >= 11 is 0. The molecular formula is C18H21N3O4. The summed E-state index contributed by atoms with van der Waals surface area (Å²) in [5.41, 5.74) is 4.91. The summed E-state index contributed by atoms with van der Waals surface area (Å²) in [6.45, 7) is 4.68. The van der Waals surface area contributed by atoms with Gasteiger partial charge < -0.3 is 14.9 Å². The molecule has 0 saturated carbocycles. The van der Waals surface area contributed by atoms with Crippen LogP contribution in [0.2, 0.25) is 0 Å². The van der Waals surface area contributed by atoms with Crippen molar-refractivity contribution >= 4 is 11.4 Å². The number of rotatable bonds is 9. The standard InChI is InChI=1S/C18H21N3O4/c1-14(19-20(2)3)15-4-8-17(9-5-15)24-12-13-25-18-10-6-16(7-11-18)21(22)23/h4-11,19H,1,12-13H2,2-3H3. The van der Waals surface area contributed by atoms with Gasteiger partial charge in [0.05, 0.1) is 4.92 Å². The predicted molar refractivity (Wildman–Crippen MR) is 96.4 cm³/mol. The molecule has 0 spiro atoms. The van der Waals surface area contributed by atoms with Crippen molar-refractivity contribution in [3.05, 3.63) is 70.8 Å². The van der Waals surface area contributed by atoms with Crippen LogP contribution in [0.5, 0.6) is 11.5 Å². The quantitative estimate of drug-likeness (QED) is 0.428. The third-order valence-electron chi connectivity index (χ3n) is 3.23. The number of benzene rings is 2. The number of nitrogens with zero attached hydrogens (tertiary/aromatic N) is 2. The van der Waals surface area contributed by atoms with Crippen molar-refractivity contribution in [2.45, 2.75) is 0 Å². The fourth-order valence-electron chi connectivity index (χ4n) is 2.07. The molecule has 2 aromatic rings. The third-order valence-corrected chi connectivity index (χ3v) is 3.23. The number of non-ortho nitro benzene ring substituents is 1. The first-order chi connectivity index (χ1) is 12.0. The van der Waals surface area contributed by atoms with Gasteiger partial charge in [0.25, 0.3) is 5.69 Å². The van der Waals surface area contributed by atoms with Crippen LogP contribution in [0.4, 0.5) is 5.69 Å². The van der Waals surface area contributed by atoms with Gasteiger partial charge in [0.1, 0.15) is 24.7 Å². The molecule has 25 heavy (non-hydrogen) atoms. The number of ether oxygens (including phenoxy) is 2. The number of nitrogens with one attached hydrogen (secondary N) is 1. The molecule has 0 aliphatic rings. The minimum atomic E-state index is -0.445. The van der Waals surface area contributed by atoms with E-state index in [1.807, 2.05) is 43.4 Å². The number of nitro benzene ring substituents is 1. The first-order valence-electron chi connectivity index (χ1n) is 7.69. The molecule has 0 aromatic heterocycles. The van der Waals surface area contributed by atoms with Crippen molar-refractivity contribution in [3.63, 3.8) is 0 Å². The Labute approximate surface area is 146 Å². The van der Waals surface area contributed by atoms with Crippen molar-refractivity contribution in [2.24, 2.45) is 0 Å². The molecule has 0 unspecified atom stereocenters. The molecule has 0 heterocycles. The first kappa shape index (κ1) is 18.3. The highest BCUT2D eigenvalue weighted by Crippen LogP contribution is 2.18. The van der Waals surface area contributed by atoms with E-state index in [4.69, 9.17) is 9.47 Å². The van der Waals surface area contributed by atoms with Crippen LogP contribution in [0.15, 0.2) is 55.1 Å². The van der Waals surface area contributed by atoms with Gasteiger partial charge in [0, 0.05) is 31.9 Å². The van der Waals surface area contributed by atoms with E-state index in [2.05, 4.69) is 12.0 Å². The molecule has 0 saturated heterocycles. The molecule has 0 radical (unpaired) electrons. The molecule has 0 aliphatic heterocycles. The summed E-state index contributed by atoms with van der Waals surface area (Å²) < 4.78 is 11.1. The number of hydrazine groups is 1. The normalized spacial score (nSPS) is 10.4. The summed E-state index contributed by atoms with van der Waals surface area (Å²) in [5, 5.41) is 12.4. The predicted octanol–water partition coefficient (Wildman–Crippen LogP) is 3.09. The Morgan fingerprint density at radius 3 is 1.96 bits per heavy atom. The van der Waals surface area contributed by atoms with Gasteiger partial charge in [0.2, 0.25) is 0 Å². The van der Waals surface area contributed by atoms with Crippen LogP contribution >= 0.6 is 0 Å². The summed E-state index contributed by atoms with van der Waals surface area (Å²) in [5.74, 6) is 1.30. The van der Waals surface area contributed by atoms with E-state index in [1.165, 1.54) is 12.1 Å². The van der Waals surface area contributed by atoms with Gasteiger partial charge in [0.15, 0.2) is 0 Å². The second kappa shape index (κ2) is 8.70. The Kier molecular flexibility index (Phi) is 6.36. The molecule has 0 fully saturated rings. The molecule has 2 aromatic carbocycles. The monoisotopic (exact) mass is 343 g/mol. The van der Waals surface area contributed by atoms with Crippen LogP contribution in [-0.4, -0.2) is 37.2 Å². The zero-order valence-electron chi connectivity index (χ0n) is 14.3. The average molecular weight is 343 g/mol. The highest BCUT2D eigenvalue weighted by Gasteiger charge is 2.04. The van der Waals surface area contributed by atoms with Crippen molar-refractivity contribution < 1.29 is 14.4 Å². The molecule has 132 valence electrons. The Hall–Kier alpha value is -3.06. The Balaban J connectivity index is 1.76. The molecule has 0 amide bonds. The van der Waals surface area contributed by atoms with Crippen molar-refractivity contribution in [1.29, 1.82) is 0 Å². The molecule has 7 heteroatoms. The van der Waals surface area contributed by atoms with Gasteiger partial charge in [-0.2, -0.15) is 0 Å². The Morgan fingerprint density at radius 2 is 1.52 bits per heavy atom. The van der Waals surface area contributed by atoms with Crippen LogP contribution in [0.1, 0.15) is 5.56 Å². The summed E-state index contributed by atoms with van der Waals surface area (Å²) in [4.78, 5) is 10.1. The van der Waals surface area contributed by atoms with E-state index in [-0.39, 0.29) is 5.69 Å². The van der Waals surface area contributed by atoms with Gasteiger partial charge in [-0.3, -0.25) is 10.1 Å². The maximum atomic E-state index is 10.6. The SMILES string of the molecule is C=C(NN(C)C)c1ccc(OCCOc2ccc([N+](=O)[O-])cc2)cc1. The van der Waals surface area contributed by atoms with Gasteiger partial charge in [-0.25, -0.2) is 5.01 Å². The summed E-state index contributed by atoms with van der Waals surface area (Å²) in [7, 11) is 3.79. The fourth-order valence-corrected chi connectivity index (χ4v) is 2.07. The Bertz CT molecular complexity index is 712. The van der Waals surface area contributed by atoms with E-state index in [1.54, 1.807) is 12.1 Å². The highest BCUT2D eigenvalue weighted by atomic mass is 16.6. The van der Waals surface area contributed by atoms with Gasteiger partial charge in [-0.15, -0.1) is 0 Å². The second-order valence-electron chi connectivity index (χ2n) is 5.46. The second-order valence-corrected chi connectivity index (χ2v) is 5.46. The van der Waals surface area contributed by atoms with E-state index < -0.39 is 4.92 Å². The van der Waals surface area contributed by atoms with Gasteiger partial charge in [-0.1, -0.05) is 6.58 Å². The number of hydrogen-bond acceptors (Lipinski definition) is 6. The van der Waals surface area contributed by atoms with Crippen molar-refractivity contribution in [2.75, 3.05) is 27.3 Å². The smallest absolute Gasteiger partial charge is 0.269 e. The topological polar surface area (TPSA) is 76.9 Å². The molecule has 0 aliphatic carbocycles. The molecule has 0 atom stereocenters. The Morgan fingerprint density at radius 1 is 1.04 bits per heavy atom. The van der Waals surface area contributed by atoms with Crippen LogP contribution < -0.4 is 14.9 Å². The maximum Gasteiger partial charge on any atom is 0.269 e. The minimum Gasteiger partial charge on any atom is -0.490 e. The van der Waals surface area contributed by atoms with Crippen LogP contribution in [0.3, 0.4) is 0 Å². The third kappa shape index (κ3) is 5.82. The van der Waals surface area contributed by atoms with E-state index in [0.29, 0.717) is 19.0 Å². The zero-order valence-corrected chi connectivity index (χ0v) is 14.3.